The van der Waals surface area contributed by atoms with E-state index in [1.165, 1.54) is 0 Å². The van der Waals surface area contributed by atoms with Crippen LogP contribution >= 0.6 is 15.9 Å². The first-order chi connectivity index (χ1) is 17.2. The molecule has 0 aliphatic carbocycles. The lowest BCUT2D eigenvalue weighted by molar-refractivity contribution is -0.151. The molecule has 3 aromatic carbocycles. The van der Waals surface area contributed by atoms with Crippen LogP contribution in [0.1, 0.15) is 23.1 Å². The van der Waals surface area contributed by atoms with Crippen LogP contribution in [0.3, 0.4) is 0 Å². The normalized spacial score (nSPS) is 15.1. The minimum absolute atomic E-state index is 0.0349. The number of ether oxygens (including phenoxy) is 2. The van der Waals surface area contributed by atoms with E-state index in [4.69, 9.17) is 9.47 Å². The fourth-order valence-electron chi connectivity index (χ4n) is 4.02. The lowest BCUT2D eigenvalue weighted by Gasteiger charge is -2.17. The number of rotatable bonds is 7. The number of esters is 1. The van der Waals surface area contributed by atoms with Crippen LogP contribution in [0.5, 0.6) is 11.5 Å². The quantitative estimate of drug-likeness (QED) is 0.381. The molecule has 2 amide bonds. The van der Waals surface area contributed by atoms with Gasteiger partial charge in [0.2, 0.25) is 5.91 Å². The smallest absolute Gasteiger partial charge is 0.311 e. The van der Waals surface area contributed by atoms with E-state index >= 15 is 0 Å². The van der Waals surface area contributed by atoms with Crippen LogP contribution in [0.2, 0.25) is 0 Å². The maximum absolute atomic E-state index is 12.6. The first-order valence-corrected chi connectivity index (χ1v) is 12.4. The summed E-state index contributed by atoms with van der Waals surface area (Å²) >= 11 is 3.49. The summed E-state index contributed by atoms with van der Waals surface area (Å²) < 4.78 is 12.0. The van der Waals surface area contributed by atoms with Crippen LogP contribution in [-0.4, -0.2) is 30.9 Å². The Kier molecular flexibility index (Phi) is 7.74. The summed E-state index contributed by atoms with van der Waals surface area (Å²) in [6, 6.07) is 18.5. The van der Waals surface area contributed by atoms with Gasteiger partial charge in [-0.1, -0.05) is 33.6 Å². The van der Waals surface area contributed by atoms with E-state index < -0.39 is 24.4 Å². The van der Waals surface area contributed by atoms with Gasteiger partial charge in [-0.05, 0) is 80.4 Å². The topological polar surface area (TPSA) is 84.9 Å². The van der Waals surface area contributed by atoms with Crippen molar-refractivity contribution < 1.29 is 23.9 Å². The molecule has 0 bridgehead atoms. The van der Waals surface area contributed by atoms with Crippen molar-refractivity contribution in [1.82, 2.24) is 0 Å². The van der Waals surface area contributed by atoms with E-state index in [2.05, 4.69) is 21.2 Å². The second-order valence-electron chi connectivity index (χ2n) is 8.89. The molecule has 36 heavy (non-hydrogen) atoms. The first-order valence-electron chi connectivity index (χ1n) is 11.6. The van der Waals surface area contributed by atoms with Crippen LogP contribution in [0.25, 0.3) is 0 Å². The number of nitrogens with zero attached hydrogens (tertiary/aromatic N) is 1. The van der Waals surface area contributed by atoms with Crippen molar-refractivity contribution >= 4 is 45.1 Å². The highest BCUT2D eigenvalue weighted by molar-refractivity contribution is 9.10. The SMILES string of the molecule is Cc1ccc(Oc2ccc(N3C[C@@H](C(=O)OCC(=O)Nc4cc(C)c(Br)c(C)c4)CC3=O)cc2)cc1. The summed E-state index contributed by atoms with van der Waals surface area (Å²) in [7, 11) is 0. The van der Waals surface area contributed by atoms with E-state index in [0.29, 0.717) is 17.1 Å². The predicted octanol–water partition coefficient (Wildman–Crippen LogP) is 5.70. The van der Waals surface area contributed by atoms with Crippen molar-refractivity contribution in [3.8, 4) is 11.5 Å². The standard InChI is InChI=1S/C28H27BrN2O5/c1-17-4-8-23(9-5-17)36-24-10-6-22(7-11-24)31-15-20(14-26(31)33)28(34)35-16-25(32)30-21-12-18(2)27(29)19(3)13-21/h4-13,20H,14-16H2,1-3H3,(H,30,32)/t20-/m0/s1. The molecule has 0 spiro atoms. The second-order valence-corrected chi connectivity index (χ2v) is 9.69. The highest BCUT2D eigenvalue weighted by atomic mass is 79.9. The lowest BCUT2D eigenvalue weighted by Crippen LogP contribution is -2.28. The Bertz CT molecular complexity index is 1270. The number of amides is 2. The highest BCUT2D eigenvalue weighted by Crippen LogP contribution is 2.29. The molecule has 1 N–H and O–H groups in total. The Morgan fingerprint density at radius 1 is 0.972 bits per heavy atom. The predicted molar refractivity (Wildman–Crippen MR) is 141 cm³/mol. The average Bonchev–Trinajstić information content (AvgIpc) is 3.24. The number of halogens is 1. The lowest BCUT2D eigenvalue weighted by atomic mass is 10.1. The van der Waals surface area contributed by atoms with Gasteiger partial charge in [0.25, 0.3) is 5.91 Å². The number of benzene rings is 3. The minimum Gasteiger partial charge on any atom is -0.457 e. The molecule has 0 unspecified atom stereocenters. The number of aryl methyl sites for hydroxylation is 3. The van der Waals surface area contributed by atoms with E-state index in [1.807, 2.05) is 57.2 Å². The van der Waals surface area contributed by atoms with Crippen LogP contribution in [0.15, 0.2) is 65.1 Å². The molecule has 1 aliphatic rings. The van der Waals surface area contributed by atoms with Gasteiger partial charge in [0, 0.05) is 28.8 Å². The van der Waals surface area contributed by atoms with Gasteiger partial charge in [0.1, 0.15) is 11.5 Å². The fourth-order valence-corrected chi connectivity index (χ4v) is 4.25. The molecule has 3 aromatic rings. The molecule has 4 rings (SSSR count). The second kappa shape index (κ2) is 11.0. The van der Waals surface area contributed by atoms with Crippen LogP contribution in [0, 0.1) is 26.7 Å². The van der Waals surface area contributed by atoms with Crippen molar-refractivity contribution in [3.63, 3.8) is 0 Å². The fraction of sp³-hybridized carbons (Fsp3) is 0.250. The average molecular weight is 551 g/mol. The Morgan fingerprint density at radius 3 is 2.17 bits per heavy atom. The monoisotopic (exact) mass is 550 g/mol. The summed E-state index contributed by atoms with van der Waals surface area (Å²) in [5.41, 5.74) is 4.42. The Morgan fingerprint density at radius 2 is 1.56 bits per heavy atom. The molecule has 0 saturated carbocycles. The molecule has 8 heteroatoms. The molecule has 186 valence electrons. The summed E-state index contributed by atoms with van der Waals surface area (Å²) in [6.07, 6.45) is 0.0349. The molecule has 0 radical (unpaired) electrons. The zero-order chi connectivity index (χ0) is 25.8. The summed E-state index contributed by atoms with van der Waals surface area (Å²) in [5, 5.41) is 2.74. The van der Waals surface area contributed by atoms with Gasteiger partial charge >= 0.3 is 5.97 Å². The summed E-state index contributed by atoms with van der Waals surface area (Å²) in [4.78, 5) is 39.0. The van der Waals surface area contributed by atoms with Gasteiger partial charge in [-0.15, -0.1) is 0 Å². The molecule has 1 fully saturated rings. The van der Waals surface area contributed by atoms with Crippen molar-refractivity contribution in [3.05, 3.63) is 81.8 Å². The third-order valence-corrected chi connectivity index (χ3v) is 7.18. The maximum atomic E-state index is 12.6. The highest BCUT2D eigenvalue weighted by Gasteiger charge is 2.36. The Hall–Kier alpha value is -3.65. The zero-order valence-corrected chi connectivity index (χ0v) is 21.9. The third kappa shape index (κ3) is 6.12. The molecular formula is C28H27BrN2O5. The maximum Gasteiger partial charge on any atom is 0.311 e. The number of anilines is 2. The minimum atomic E-state index is -0.633. The van der Waals surface area contributed by atoms with Gasteiger partial charge in [-0.3, -0.25) is 14.4 Å². The Labute approximate surface area is 218 Å². The number of nitrogens with one attached hydrogen (secondary N) is 1. The molecule has 0 aromatic heterocycles. The largest absolute Gasteiger partial charge is 0.457 e. The zero-order valence-electron chi connectivity index (χ0n) is 20.3. The molecule has 7 nitrogen and oxygen atoms in total. The summed E-state index contributed by atoms with van der Waals surface area (Å²) in [6.45, 7) is 5.65. The van der Waals surface area contributed by atoms with Gasteiger partial charge < -0.3 is 19.7 Å². The van der Waals surface area contributed by atoms with E-state index in [1.54, 1.807) is 29.2 Å². The molecule has 1 atom stereocenters. The van der Waals surface area contributed by atoms with Gasteiger partial charge in [-0.2, -0.15) is 0 Å². The van der Waals surface area contributed by atoms with Crippen LogP contribution in [-0.2, 0) is 19.1 Å². The molecule has 1 aliphatic heterocycles. The van der Waals surface area contributed by atoms with Crippen LogP contribution in [0.4, 0.5) is 11.4 Å². The van der Waals surface area contributed by atoms with Gasteiger partial charge in [0.05, 0.1) is 5.92 Å². The van der Waals surface area contributed by atoms with Gasteiger partial charge in [0.15, 0.2) is 6.61 Å². The molecule has 1 saturated heterocycles. The summed E-state index contributed by atoms with van der Waals surface area (Å²) in [5.74, 6) is -0.436. The van der Waals surface area contributed by atoms with Crippen LogP contribution < -0.4 is 15.0 Å². The van der Waals surface area contributed by atoms with Crippen molar-refractivity contribution in [2.24, 2.45) is 5.92 Å². The third-order valence-electron chi connectivity index (χ3n) is 5.93. The number of hydrogen-bond acceptors (Lipinski definition) is 5. The first kappa shape index (κ1) is 25.4. The number of carbonyl (C=O) groups is 3. The molecule has 1 heterocycles. The van der Waals surface area contributed by atoms with Crippen molar-refractivity contribution in [2.75, 3.05) is 23.4 Å². The number of hydrogen-bond donors (Lipinski definition) is 1. The van der Waals surface area contributed by atoms with Crippen molar-refractivity contribution in [2.45, 2.75) is 27.2 Å². The Balaban J connectivity index is 1.29. The van der Waals surface area contributed by atoms with Crippen molar-refractivity contribution in [1.29, 1.82) is 0 Å². The molecular weight excluding hydrogens is 524 g/mol. The van der Waals surface area contributed by atoms with E-state index in [9.17, 15) is 14.4 Å². The van der Waals surface area contributed by atoms with E-state index in [0.717, 1.165) is 26.9 Å². The van der Waals surface area contributed by atoms with E-state index in [-0.39, 0.29) is 18.9 Å². The van der Waals surface area contributed by atoms with Gasteiger partial charge in [-0.25, -0.2) is 0 Å². The number of carbonyl (C=O) groups excluding carboxylic acids is 3.